The molecule has 0 aromatic heterocycles. The van der Waals surface area contributed by atoms with Crippen molar-refractivity contribution in [2.75, 3.05) is 32.7 Å². The maximum atomic E-state index is 6.27. The number of nitrogens with zero attached hydrogens (tertiary/aromatic N) is 2. The molecule has 3 nitrogen and oxygen atoms in total. The van der Waals surface area contributed by atoms with E-state index < -0.39 is 0 Å². The Bertz CT molecular complexity index is 246. The molecule has 2 fully saturated rings. The standard InChI is InChI=1S/C14H29N3/c1-12(2)17-9-7-16(8-10-17)11-14(3)6-4-5-13(14)15/h12-13H,4-11,15H2,1-3H3. The number of hydrogen-bond acceptors (Lipinski definition) is 3. The minimum atomic E-state index is 0.375. The largest absolute Gasteiger partial charge is 0.327 e. The van der Waals surface area contributed by atoms with Crippen molar-refractivity contribution in [1.29, 1.82) is 0 Å². The zero-order valence-corrected chi connectivity index (χ0v) is 11.8. The third-order valence-corrected chi connectivity index (χ3v) is 4.88. The fraction of sp³-hybridized carbons (Fsp3) is 1.00. The molecule has 0 spiro atoms. The summed E-state index contributed by atoms with van der Waals surface area (Å²) < 4.78 is 0. The molecule has 0 amide bonds. The van der Waals surface area contributed by atoms with Gasteiger partial charge in [-0.2, -0.15) is 0 Å². The highest BCUT2D eigenvalue weighted by Gasteiger charge is 2.38. The SMILES string of the molecule is CC(C)N1CCN(CC2(C)CCCC2N)CC1. The van der Waals surface area contributed by atoms with E-state index >= 15 is 0 Å². The fourth-order valence-corrected chi connectivity index (χ4v) is 3.40. The minimum Gasteiger partial charge on any atom is -0.327 e. The molecular weight excluding hydrogens is 210 g/mol. The molecule has 2 atom stereocenters. The van der Waals surface area contributed by atoms with Crippen molar-refractivity contribution in [1.82, 2.24) is 9.80 Å². The van der Waals surface area contributed by atoms with Crippen LogP contribution in [-0.2, 0) is 0 Å². The summed E-state index contributed by atoms with van der Waals surface area (Å²) in [7, 11) is 0. The van der Waals surface area contributed by atoms with Gasteiger partial charge in [0.1, 0.15) is 0 Å². The molecule has 0 bridgehead atoms. The van der Waals surface area contributed by atoms with Gasteiger partial charge in [0.15, 0.2) is 0 Å². The first kappa shape index (κ1) is 13.3. The Balaban J connectivity index is 1.82. The van der Waals surface area contributed by atoms with Crippen LogP contribution in [-0.4, -0.2) is 54.6 Å². The van der Waals surface area contributed by atoms with E-state index in [0.717, 1.165) is 0 Å². The van der Waals surface area contributed by atoms with E-state index in [2.05, 4.69) is 30.6 Å². The van der Waals surface area contributed by atoms with Crippen molar-refractivity contribution in [3.63, 3.8) is 0 Å². The molecule has 1 saturated carbocycles. The molecule has 0 radical (unpaired) electrons. The second kappa shape index (κ2) is 5.25. The molecule has 3 heteroatoms. The summed E-state index contributed by atoms with van der Waals surface area (Å²) in [5.41, 5.74) is 6.64. The molecule has 100 valence electrons. The van der Waals surface area contributed by atoms with Crippen molar-refractivity contribution in [2.24, 2.45) is 11.1 Å². The zero-order chi connectivity index (χ0) is 12.5. The molecule has 2 rings (SSSR count). The zero-order valence-electron chi connectivity index (χ0n) is 11.8. The fourth-order valence-electron chi connectivity index (χ4n) is 3.40. The van der Waals surface area contributed by atoms with Gasteiger partial charge in [-0.1, -0.05) is 13.3 Å². The van der Waals surface area contributed by atoms with Gasteiger partial charge < -0.3 is 10.6 Å². The average Bonchev–Trinajstić information content (AvgIpc) is 2.60. The van der Waals surface area contributed by atoms with E-state index in [1.807, 2.05) is 0 Å². The lowest BCUT2D eigenvalue weighted by Crippen LogP contribution is -2.53. The molecule has 17 heavy (non-hydrogen) atoms. The van der Waals surface area contributed by atoms with Gasteiger partial charge in [0.05, 0.1) is 0 Å². The predicted octanol–water partition coefficient (Wildman–Crippen LogP) is 1.53. The second-order valence-corrected chi connectivity index (χ2v) is 6.56. The molecule has 0 aromatic rings. The van der Waals surface area contributed by atoms with Crippen LogP contribution in [0.25, 0.3) is 0 Å². The Morgan fingerprint density at radius 1 is 1.24 bits per heavy atom. The predicted molar refractivity (Wildman–Crippen MR) is 73.1 cm³/mol. The molecule has 1 saturated heterocycles. The third kappa shape index (κ3) is 3.01. The van der Waals surface area contributed by atoms with Crippen LogP contribution in [0.3, 0.4) is 0 Å². The highest BCUT2D eigenvalue weighted by Crippen LogP contribution is 2.37. The topological polar surface area (TPSA) is 32.5 Å². The maximum Gasteiger partial charge on any atom is 0.0113 e. The van der Waals surface area contributed by atoms with Crippen LogP contribution in [0.1, 0.15) is 40.0 Å². The number of nitrogens with two attached hydrogens (primary N) is 1. The number of piperazine rings is 1. The Hall–Kier alpha value is -0.120. The van der Waals surface area contributed by atoms with Crippen molar-refractivity contribution < 1.29 is 0 Å². The van der Waals surface area contributed by atoms with E-state index in [1.54, 1.807) is 0 Å². The lowest BCUT2D eigenvalue weighted by atomic mass is 9.84. The average molecular weight is 239 g/mol. The molecule has 2 unspecified atom stereocenters. The van der Waals surface area contributed by atoms with Crippen molar-refractivity contribution in [3.05, 3.63) is 0 Å². The van der Waals surface area contributed by atoms with Gasteiger partial charge in [0.25, 0.3) is 0 Å². The van der Waals surface area contributed by atoms with Gasteiger partial charge in [-0.25, -0.2) is 0 Å². The molecule has 1 aliphatic carbocycles. The van der Waals surface area contributed by atoms with Gasteiger partial charge >= 0.3 is 0 Å². The smallest absolute Gasteiger partial charge is 0.0113 e. The Labute approximate surface area is 106 Å². The van der Waals surface area contributed by atoms with E-state index in [4.69, 9.17) is 5.73 Å². The quantitative estimate of drug-likeness (QED) is 0.811. The van der Waals surface area contributed by atoms with Crippen molar-refractivity contribution in [2.45, 2.75) is 52.1 Å². The highest BCUT2D eigenvalue weighted by molar-refractivity contribution is 4.94. The lowest BCUT2D eigenvalue weighted by Gasteiger charge is -2.41. The van der Waals surface area contributed by atoms with Gasteiger partial charge in [0, 0.05) is 44.8 Å². The Morgan fingerprint density at radius 2 is 1.88 bits per heavy atom. The summed E-state index contributed by atoms with van der Waals surface area (Å²) in [6, 6.07) is 1.12. The van der Waals surface area contributed by atoms with Crippen LogP contribution in [0.4, 0.5) is 0 Å². The van der Waals surface area contributed by atoms with Crippen LogP contribution in [0.5, 0.6) is 0 Å². The normalized spacial score (nSPS) is 36.9. The van der Waals surface area contributed by atoms with E-state index in [-0.39, 0.29) is 0 Å². The summed E-state index contributed by atoms with van der Waals surface area (Å²) in [6.07, 6.45) is 3.87. The summed E-state index contributed by atoms with van der Waals surface area (Å²) in [5, 5.41) is 0. The first-order valence-corrected chi connectivity index (χ1v) is 7.23. The molecule has 2 aliphatic rings. The first-order valence-electron chi connectivity index (χ1n) is 7.23. The van der Waals surface area contributed by atoms with E-state index in [0.29, 0.717) is 17.5 Å². The summed E-state index contributed by atoms with van der Waals surface area (Å²) in [6.45, 7) is 13.1. The lowest BCUT2D eigenvalue weighted by molar-refractivity contribution is 0.0724. The molecule has 0 aromatic carbocycles. The van der Waals surface area contributed by atoms with Gasteiger partial charge in [0.2, 0.25) is 0 Å². The minimum absolute atomic E-state index is 0.375. The van der Waals surface area contributed by atoms with Crippen LogP contribution < -0.4 is 5.73 Å². The molecule has 1 aliphatic heterocycles. The highest BCUT2D eigenvalue weighted by atomic mass is 15.3. The first-order chi connectivity index (χ1) is 8.01. The summed E-state index contributed by atoms with van der Waals surface area (Å²) in [4.78, 5) is 5.21. The third-order valence-electron chi connectivity index (χ3n) is 4.88. The van der Waals surface area contributed by atoms with Crippen LogP contribution in [0.15, 0.2) is 0 Å². The van der Waals surface area contributed by atoms with Crippen molar-refractivity contribution >= 4 is 0 Å². The number of rotatable bonds is 3. The maximum absolute atomic E-state index is 6.27. The summed E-state index contributed by atoms with van der Waals surface area (Å²) in [5.74, 6) is 0. The van der Waals surface area contributed by atoms with E-state index in [1.165, 1.54) is 52.0 Å². The van der Waals surface area contributed by atoms with Gasteiger partial charge in [-0.15, -0.1) is 0 Å². The van der Waals surface area contributed by atoms with E-state index in [9.17, 15) is 0 Å². The van der Waals surface area contributed by atoms with Crippen molar-refractivity contribution in [3.8, 4) is 0 Å². The van der Waals surface area contributed by atoms with Gasteiger partial charge in [-0.05, 0) is 32.1 Å². The van der Waals surface area contributed by atoms with Gasteiger partial charge in [-0.3, -0.25) is 4.90 Å². The monoisotopic (exact) mass is 239 g/mol. The summed E-state index contributed by atoms with van der Waals surface area (Å²) >= 11 is 0. The van der Waals surface area contributed by atoms with Crippen LogP contribution in [0, 0.1) is 5.41 Å². The molecule has 2 N–H and O–H groups in total. The molecule has 1 heterocycles. The Morgan fingerprint density at radius 3 is 2.35 bits per heavy atom. The number of hydrogen-bond donors (Lipinski definition) is 1. The van der Waals surface area contributed by atoms with Crippen LogP contribution >= 0.6 is 0 Å². The van der Waals surface area contributed by atoms with Crippen LogP contribution in [0.2, 0.25) is 0 Å². The second-order valence-electron chi connectivity index (χ2n) is 6.56. The molecular formula is C14H29N3. The Kier molecular flexibility index (Phi) is 4.11.